The Labute approximate surface area is 161 Å². The van der Waals surface area contributed by atoms with Gasteiger partial charge in [0.1, 0.15) is 10.6 Å². The Morgan fingerprint density at radius 1 is 1.41 bits per heavy atom. The Hall–Kier alpha value is -2.41. The highest BCUT2D eigenvalue weighted by Crippen LogP contribution is 2.33. The number of fused-ring (bicyclic) bond motifs is 3. The number of hydrogen-bond acceptors (Lipinski definition) is 5. The van der Waals surface area contributed by atoms with Crippen molar-refractivity contribution in [1.29, 1.82) is 0 Å². The van der Waals surface area contributed by atoms with Gasteiger partial charge in [-0.1, -0.05) is 0 Å². The lowest BCUT2D eigenvalue weighted by molar-refractivity contribution is -0.121. The molecule has 3 heterocycles. The summed E-state index contributed by atoms with van der Waals surface area (Å²) < 4.78 is 6.88. The van der Waals surface area contributed by atoms with Gasteiger partial charge in [-0.2, -0.15) is 0 Å². The molecular formula is C20H23N3O3S. The summed E-state index contributed by atoms with van der Waals surface area (Å²) in [5, 5.41) is 3.72. The van der Waals surface area contributed by atoms with Crippen LogP contribution in [0.15, 0.2) is 33.9 Å². The van der Waals surface area contributed by atoms with Gasteiger partial charge in [0.15, 0.2) is 0 Å². The van der Waals surface area contributed by atoms with Crippen molar-refractivity contribution in [2.45, 2.75) is 58.0 Å². The fourth-order valence-corrected chi connectivity index (χ4v) is 4.91. The topological polar surface area (TPSA) is 77.1 Å². The smallest absolute Gasteiger partial charge is 0.262 e. The molecule has 0 saturated heterocycles. The molecule has 4 rings (SSSR count). The van der Waals surface area contributed by atoms with E-state index < -0.39 is 0 Å². The van der Waals surface area contributed by atoms with Gasteiger partial charge in [-0.15, -0.1) is 11.3 Å². The highest BCUT2D eigenvalue weighted by Gasteiger charge is 2.20. The maximum Gasteiger partial charge on any atom is 0.262 e. The number of amides is 1. The molecule has 0 saturated carbocycles. The molecule has 1 atom stereocenters. The van der Waals surface area contributed by atoms with E-state index in [1.54, 1.807) is 28.5 Å². The van der Waals surface area contributed by atoms with Crippen LogP contribution in [0.1, 0.15) is 42.4 Å². The molecular weight excluding hydrogens is 362 g/mol. The van der Waals surface area contributed by atoms with E-state index >= 15 is 0 Å². The standard InChI is InChI=1S/C20H23N3O3S/c1-13(11-14-5-4-10-26-14)22-17(24)8-9-23-12-21-19-18(20(23)25)15-6-2-3-7-16(15)27-19/h4-5,10,12-13H,2-3,6-9,11H2,1H3,(H,22,24). The summed E-state index contributed by atoms with van der Waals surface area (Å²) in [6, 6.07) is 3.71. The third kappa shape index (κ3) is 3.83. The summed E-state index contributed by atoms with van der Waals surface area (Å²) >= 11 is 1.64. The Balaban J connectivity index is 1.42. The zero-order valence-electron chi connectivity index (χ0n) is 15.4. The van der Waals surface area contributed by atoms with Crippen molar-refractivity contribution in [3.05, 3.63) is 51.3 Å². The van der Waals surface area contributed by atoms with Crippen LogP contribution in [0.3, 0.4) is 0 Å². The van der Waals surface area contributed by atoms with Crippen LogP contribution in [0, 0.1) is 0 Å². The number of hydrogen-bond donors (Lipinski definition) is 1. The van der Waals surface area contributed by atoms with E-state index in [0.29, 0.717) is 13.0 Å². The summed E-state index contributed by atoms with van der Waals surface area (Å²) in [7, 11) is 0. The van der Waals surface area contributed by atoms with Crippen LogP contribution in [-0.2, 0) is 30.6 Å². The number of furan rings is 1. The third-order valence-electron chi connectivity index (χ3n) is 5.02. The second-order valence-corrected chi connectivity index (χ2v) is 8.22. The van der Waals surface area contributed by atoms with Gasteiger partial charge >= 0.3 is 0 Å². The second-order valence-electron chi connectivity index (χ2n) is 7.14. The summed E-state index contributed by atoms with van der Waals surface area (Å²) in [6.45, 7) is 2.28. The van der Waals surface area contributed by atoms with Crippen LogP contribution < -0.4 is 10.9 Å². The monoisotopic (exact) mass is 385 g/mol. The first kappa shape index (κ1) is 18.0. The van der Waals surface area contributed by atoms with E-state index in [1.165, 1.54) is 16.9 Å². The molecule has 3 aromatic rings. The largest absolute Gasteiger partial charge is 0.469 e. The van der Waals surface area contributed by atoms with Crippen molar-refractivity contribution in [2.75, 3.05) is 0 Å². The molecule has 7 heteroatoms. The molecule has 1 amide bonds. The molecule has 0 bridgehead atoms. The Morgan fingerprint density at radius 3 is 3.07 bits per heavy atom. The van der Waals surface area contributed by atoms with Gasteiger partial charge in [0.25, 0.3) is 5.56 Å². The maximum atomic E-state index is 12.9. The van der Waals surface area contributed by atoms with E-state index in [0.717, 1.165) is 35.2 Å². The molecule has 27 heavy (non-hydrogen) atoms. The quantitative estimate of drug-likeness (QED) is 0.707. The molecule has 142 valence electrons. The van der Waals surface area contributed by atoms with Gasteiger partial charge in [0, 0.05) is 30.3 Å². The summed E-state index contributed by atoms with van der Waals surface area (Å²) in [4.78, 5) is 31.7. The lowest BCUT2D eigenvalue weighted by Gasteiger charge is -2.13. The van der Waals surface area contributed by atoms with Crippen LogP contribution in [0.5, 0.6) is 0 Å². The molecule has 6 nitrogen and oxygen atoms in total. The average Bonchev–Trinajstić information content (AvgIpc) is 3.28. The maximum absolute atomic E-state index is 12.9. The average molecular weight is 385 g/mol. The van der Waals surface area contributed by atoms with Gasteiger partial charge in [-0.3, -0.25) is 14.2 Å². The molecule has 0 fully saturated rings. The van der Waals surface area contributed by atoms with Gasteiger partial charge in [-0.05, 0) is 50.3 Å². The van der Waals surface area contributed by atoms with Gasteiger partial charge in [0.2, 0.25) is 5.91 Å². The van der Waals surface area contributed by atoms with E-state index in [-0.39, 0.29) is 23.9 Å². The Bertz CT molecular complexity index is 1000. The summed E-state index contributed by atoms with van der Waals surface area (Å²) in [6.07, 6.45) is 8.42. The highest BCUT2D eigenvalue weighted by molar-refractivity contribution is 7.18. The number of nitrogens with one attached hydrogen (secondary N) is 1. The lowest BCUT2D eigenvalue weighted by atomic mass is 9.97. The van der Waals surface area contributed by atoms with Gasteiger partial charge < -0.3 is 9.73 Å². The number of carbonyl (C=O) groups excluding carboxylic acids is 1. The zero-order chi connectivity index (χ0) is 18.8. The SMILES string of the molecule is CC(Cc1ccco1)NC(=O)CCn1cnc2sc3c(c2c1=O)CCCC3. The first-order valence-corrected chi connectivity index (χ1v) is 10.2. The van der Waals surface area contributed by atoms with Crippen LogP contribution in [0.25, 0.3) is 10.2 Å². The van der Waals surface area contributed by atoms with E-state index in [1.807, 2.05) is 19.1 Å². The minimum Gasteiger partial charge on any atom is -0.469 e. The zero-order valence-corrected chi connectivity index (χ0v) is 16.2. The second kappa shape index (κ2) is 7.68. The minimum atomic E-state index is -0.0756. The third-order valence-corrected chi connectivity index (χ3v) is 6.22. The van der Waals surface area contributed by atoms with Crippen LogP contribution in [0.4, 0.5) is 0 Å². The molecule has 1 unspecified atom stereocenters. The van der Waals surface area contributed by atoms with Crippen molar-refractivity contribution in [3.63, 3.8) is 0 Å². The van der Waals surface area contributed by atoms with Gasteiger partial charge in [-0.25, -0.2) is 4.98 Å². The molecule has 0 spiro atoms. The predicted octanol–water partition coefficient (Wildman–Crippen LogP) is 3.07. The van der Waals surface area contributed by atoms with E-state index in [9.17, 15) is 9.59 Å². The lowest BCUT2D eigenvalue weighted by Crippen LogP contribution is -2.35. The van der Waals surface area contributed by atoms with Crippen molar-refractivity contribution in [2.24, 2.45) is 0 Å². The summed E-state index contributed by atoms with van der Waals surface area (Å²) in [5.41, 5.74) is 1.17. The molecule has 3 aromatic heterocycles. The number of thiophene rings is 1. The number of aryl methyl sites for hydroxylation is 3. The van der Waals surface area contributed by atoms with Crippen LogP contribution in [0.2, 0.25) is 0 Å². The first-order chi connectivity index (χ1) is 13.1. The fraction of sp³-hybridized carbons (Fsp3) is 0.450. The van der Waals surface area contributed by atoms with Gasteiger partial charge in [0.05, 0.1) is 18.0 Å². The normalized spacial score (nSPS) is 14.9. The van der Waals surface area contributed by atoms with E-state index in [4.69, 9.17) is 4.42 Å². The Kier molecular flexibility index (Phi) is 5.11. The molecule has 1 N–H and O–H groups in total. The van der Waals surface area contributed by atoms with Crippen molar-refractivity contribution < 1.29 is 9.21 Å². The van der Waals surface area contributed by atoms with E-state index in [2.05, 4.69) is 10.3 Å². The molecule has 1 aliphatic rings. The molecule has 0 aromatic carbocycles. The first-order valence-electron chi connectivity index (χ1n) is 9.43. The Morgan fingerprint density at radius 2 is 2.26 bits per heavy atom. The minimum absolute atomic E-state index is 0.0177. The molecule has 0 radical (unpaired) electrons. The number of nitrogens with zero attached hydrogens (tertiary/aromatic N) is 2. The van der Waals surface area contributed by atoms with Crippen molar-refractivity contribution in [1.82, 2.24) is 14.9 Å². The number of rotatable bonds is 6. The molecule has 0 aliphatic heterocycles. The summed E-state index contributed by atoms with van der Waals surface area (Å²) in [5.74, 6) is 0.768. The highest BCUT2D eigenvalue weighted by atomic mass is 32.1. The number of carbonyl (C=O) groups is 1. The fourth-order valence-electron chi connectivity index (χ4n) is 3.69. The van der Waals surface area contributed by atoms with Crippen LogP contribution in [-0.4, -0.2) is 21.5 Å². The molecule has 1 aliphatic carbocycles. The van der Waals surface area contributed by atoms with Crippen molar-refractivity contribution in [3.8, 4) is 0 Å². The number of aromatic nitrogens is 2. The predicted molar refractivity (Wildman–Crippen MR) is 105 cm³/mol. The van der Waals surface area contributed by atoms with Crippen LogP contribution >= 0.6 is 11.3 Å². The van der Waals surface area contributed by atoms with Crippen molar-refractivity contribution >= 4 is 27.5 Å².